The fourth-order valence-electron chi connectivity index (χ4n) is 8.29. The van der Waals surface area contributed by atoms with Gasteiger partial charge in [0.25, 0.3) is 0 Å². The van der Waals surface area contributed by atoms with Crippen LogP contribution in [0.4, 0.5) is 5.82 Å². The van der Waals surface area contributed by atoms with Gasteiger partial charge in [-0.15, -0.1) is 0 Å². The molecule has 0 unspecified atom stereocenters. The van der Waals surface area contributed by atoms with Gasteiger partial charge in [-0.2, -0.15) is 0 Å². The molecule has 6 rings (SSSR count). The summed E-state index contributed by atoms with van der Waals surface area (Å²) in [5.41, 5.74) is 14.5. The van der Waals surface area contributed by atoms with Crippen LogP contribution in [-0.4, -0.2) is 16.5 Å². The van der Waals surface area contributed by atoms with Gasteiger partial charge in [0.2, 0.25) is 0 Å². The molecule has 1 aliphatic rings. The Kier molecular flexibility index (Phi) is 17.6. The van der Waals surface area contributed by atoms with Crippen LogP contribution in [0.2, 0.25) is 0 Å². The summed E-state index contributed by atoms with van der Waals surface area (Å²) in [6.45, 7) is 9.10. The van der Waals surface area contributed by atoms with Crippen molar-refractivity contribution in [3.8, 4) is 22.4 Å². The van der Waals surface area contributed by atoms with E-state index >= 15 is 0 Å². The second-order valence-corrected chi connectivity index (χ2v) is 17.0. The molecule has 0 bridgehead atoms. The van der Waals surface area contributed by atoms with E-state index in [4.69, 9.17) is 9.98 Å². The first-order chi connectivity index (χ1) is 29.1. The number of hydrogen-bond donors (Lipinski definition) is 1. The zero-order valence-corrected chi connectivity index (χ0v) is 36.9. The third-order valence-electron chi connectivity index (χ3n) is 12.1. The molecule has 3 heteroatoms. The molecule has 0 saturated carbocycles. The molecule has 0 amide bonds. The van der Waals surface area contributed by atoms with Crippen LogP contribution >= 0.6 is 0 Å². The number of benzene rings is 4. The van der Waals surface area contributed by atoms with Crippen molar-refractivity contribution in [3.05, 3.63) is 143 Å². The summed E-state index contributed by atoms with van der Waals surface area (Å²) in [7, 11) is 0. The van der Waals surface area contributed by atoms with Crippen LogP contribution in [0.25, 0.3) is 28.0 Å². The molecule has 310 valence electrons. The number of aryl methyl sites for hydroxylation is 4. The van der Waals surface area contributed by atoms with Crippen molar-refractivity contribution in [2.24, 2.45) is 9.98 Å². The Morgan fingerprint density at radius 1 is 0.424 bits per heavy atom. The van der Waals surface area contributed by atoms with Crippen molar-refractivity contribution in [1.29, 1.82) is 0 Å². The molecule has 59 heavy (non-hydrogen) atoms. The Morgan fingerprint density at radius 2 is 0.814 bits per heavy atom. The second-order valence-electron chi connectivity index (χ2n) is 17.0. The lowest BCUT2D eigenvalue weighted by atomic mass is 9.99. The van der Waals surface area contributed by atoms with Gasteiger partial charge in [-0.25, -0.2) is 9.98 Å². The molecule has 0 fully saturated rings. The van der Waals surface area contributed by atoms with Crippen LogP contribution in [0.5, 0.6) is 0 Å². The quantitative estimate of drug-likeness (QED) is 0.0573. The van der Waals surface area contributed by atoms with Gasteiger partial charge in [0, 0.05) is 22.4 Å². The number of aliphatic imine (C=N–C) groups is 2. The Balaban J connectivity index is 1.35. The highest BCUT2D eigenvalue weighted by Crippen LogP contribution is 2.37. The number of nitrogens with zero attached hydrogens (tertiary/aromatic N) is 2. The number of aromatic nitrogens is 1. The molecule has 0 aliphatic carbocycles. The monoisotopic (exact) mass is 786 g/mol. The van der Waals surface area contributed by atoms with Gasteiger partial charge >= 0.3 is 0 Å². The maximum Gasteiger partial charge on any atom is 0.162 e. The van der Waals surface area contributed by atoms with Gasteiger partial charge in [0.15, 0.2) is 5.84 Å². The predicted molar refractivity (Wildman–Crippen MR) is 258 cm³/mol. The van der Waals surface area contributed by atoms with Crippen molar-refractivity contribution in [1.82, 2.24) is 4.98 Å². The number of nitrogens with one attached hydrogen (secondary N) is 1. The molecule has 2 heterocycles. The van der Waals surface area contributed by atoms with Crippen LogP contribution in [0.15, 0.2) is 119 Å². The van der Waals surface area contributed by atoms with Crippen LogP contribution in [0.3, 0.4) is 0 Å². The normalized spacial score (nSPS) is 13.3. The summed E-state index contributed by atoms with van der Waals surface area (Å²) < 4.78 is 0. The van der Waals surface area contributed by atoms with Gasteiger partial charge in [-0.1, -0.05) is 202 Å². The molecular formula is C56H71N3. The first-order valence-electron chi connectivity index (χ1n) is 23.6. The van der Waals surface area contributed by atoms with Gasteiger partial charge in [-0.3, -0.25) is 0 Å². The molecule has 1 aliphatic heterocycles. The van der Waals surface area contributed by atoms with E-state index in [1.165, 1.54) is 136 Å². The van der Waals surface area contributed by atoms with E-state index in [9.17, 15) is 0 Å². The summed E-state index contributed by atoms with van der Waals surface area (Å²) in [5.74, 6) is 1.60. The van der Waals surface area contributed by atoms with Crippen LogP contribution < -0.4 is 0 Å². The van der Waals surface area contributed by atoms with Crippen LogP contribution in [-0.2, 0) is 25.7 Å². The third kappa shape index (κ3) is 13.1. The Morgan fingerprint density at radius 3 is 1.24 bits per heavy atom. The van der Waals surface area contributed by atoms with Crippen molar-refractivity contribution in [2.75, 3.05) is 0 Å². The molecule has 1 N–H and O–H groups in total. The standard InChI is InChI=1S/C56H71N3/c1-5-9-13-17-21-43-25-33-47(34-26-43)51-41-53(49-37-29-45(30-38-49)23-19-15-11-7-3)57-55(51)59-56-52(48-35-27-44(28-36-48)22-18-14-10-6-2)42-54(58-56)50-39-31-46(32-40-50)24-20-16-12-8-4/h25-42,57H,5-24H2,1-4H3/b59-56-. The molecule has 5 aromatic rings. The lowest BCUT2D eigenvalue weighted by Gasteiger charge is -2.07. The highest BCUT2D eigenvalue weighted by atomic mass is 15.0. The molecule has 0 radical (unpaired) electrons. The van der Waals surface area contributed by atoms with Gasteiger partial charge in [-0.05, 0) is 102 Å². The Hall–Kier alpha value is -4.76. The summed E-state index contributed by atoms with van der Waals surface area (Å²) in [6.07, 6.45) is 27.2. The summed E-state index contributed by atoms with van der Waals surface area (Å²) in [5, 5.41) is 0. The first kappa shape index (κ1) is 43.8. The lowest BCUT2D eigenvalue weighted by Crippen LogP contribution is -1.97. The number of hydrogen-bond acceptors (Lipinski definition) is 1. The Labute approximate surface area is 357 Å². The number of amidine groups is 1. The zero-order valence-electron chi connectivity index (χ0n) is 36.9. The maximum absolute atomic E-state index is 5.46. The summed E-state index contributed by atoms with van der Waals surface area (Å²) >= 11 is 0. The number of H-pyrrole nitrogens is 1. The van der Waals surface area contributed by atoms with Gasteiger partial charge in [0.1, 0.15) is 5.82 Å². The van der Waals surface area contributed by atoms with Crippen molar-refractivity contribution in [3.63, 3.8) is 0 Å². The smallest absolute Gasteiger partial charge is 0.162 e. The van der Waals surface area contributed by atoms with E-state index in [2.05, 4.69) is 142 Å². The minimum atomic E-state index is 0.754. The minimum absolute atomic E-state index is 0.754. The first-order valence-corrected chi connectivity index (χ1v) is 23.6. The molecule has 1 aromatic heterocycles. The predicted octanol–water partition coefficient (Wildman–Crippen LogP) is 16.5. The molecule has 0 saturated heterocycles. The van der Waals surface area contributed by atoms with Gasteiger partial charge in [0.05, 0.1) is 5.71 Å². The van der Waals surface area contributed by atoms with E-state index < -0.39 is 0 Å². The largest absolute Gasteiger partial charge is 0.339 e. The topological polar surface area (TPSA) is 40.5 Å². The third-order valence-corrected chi connectivity index (χ3v) is 12.1. The lowest BCUT2D eigenvalue weighted by molar-refractivity contribution is 0.667. The van der Waals surface area contributed by atoms with E-state index in [0.717, 1.165) is 71.0 Å². The Bertz CT molecular complexity index is 2070. The second kappa shape index (κ2) is 23.7. The summed E-state index contributed by atoms with van der Waals surface area (Å²) in [4.78, 5) is 14.5. The minimum Gasteiger partial charge on any atom is -0.339 e. The van der Waals surface area contributed by atoms with E-state index in [1.54, 1.807) is 0 Å². The molecule has 3 nitrogen and oxygen atoms in total. The number of allylic oxidation sites excluding steroid dienone is 1. The van der Waals surface area contributed by atoms with E-state index in [0.29, 0.717) is 0 Å². The molecule has 0 atom stereocenters. The SMILES string of the molecule is CCCCCCc1ccc(C2=CC(c3ccc(CCCCCC)cc3)=N/C2=N\c2[nH]c(-c3ccc(CCCCCC)cc3)cc2-c2ccc(CCCCCC)cc2)cc1. The molecule has 4 aromatic carbocycles. The van der Waals surface area contributed by atoms with Crippen molar-refractivity contribution >= 4 is 22.9 Å². The van der Waals surface area contributed by atoms with Crippen molar-refractivity contribution in [2.45, 2.75) is 156 Å². The molecule has 0 spiro atoms. The average Bonchev–Trinajstić information content (AvgIpc) is 3.90. The van der Waals surface area contributed by atoms with Crippen molar-refractivity contribution < 1.29 is 0 Å². The number of unbranched alkanes of at least 4 members (excludes halogenated alkanes) is 12. The molecular weight excluding hydrogens is 715 g/mol. The highest BCUT2D eigenvalue weighted by Gasteiger charge is 2.21. The number of rotatable bonds is 25. The fourth-order valence-corrected chi connectivity index (χ4v) is 8.29. The van der Waals surface area contributed by atoms with E-state index in [-0.39, 0.29) is 0 Å². The maximum atomic E-state index is 5.46. The fraction of sp³-hybridized carbons (Fsp3) is 0.429. The van der Waals surface area contributed by atoms with Crippen LogP contribution in [0, 0.1) is 0 Å². The zero-order chi connectivity index (χ0) is 41.1. The van der Waals surface area contributed by atoms with Crippen LogP contribution in [0.1, 0.15) is 164 Å². The number of aromatic amines is 1. The van der Waals surface area contributed by atoms with E-state index in [1.807, 2.05) is 0 Å². The van der Waals surface area contributed by atoms with Gasteiger partial charge < -0.3 is 4.98 Å². The summed E-state index contributed by atoms with van der Waals surface area (Å²) in [6, 6.07) is 38.9. The highest BCUT2D eigenvalue weighted by molar-refractivity contribution is 6.38. The average molecular weight is 786 g/mol.